The molecular weight excluding hydrogens is 502 g/mol. The number of likely N-dealkylation sites (N-methyl/N-ethyl adjacent to an activating group) is 1. The highest BCUT2D eigenvalue weighted by atomic mass is 16.3. The first kappa shape index (κ1) is 29.1. The summed E-state index contributed by atoms with van der Waals surface area (Å²) in [6.07, 6.45) is 4.35. The number of nitrogen functional groups attached to an aromatic ring is 1. The van der Waals surface area contributed by atoms with Crippen molar-refractivity contribution < 1.29 is 9.90 Å². The number of hydrogen-bond acceptors (Lipinski definition) is 8. The van der Waals surface area contributed by atoms with Gasteiger partial charge in [-0.25, -0.2) is 4.98 Å². The maximum Gasteiger partial charge on any atom is 0.245 e. The number of rotatable bonds is 6. The van der Waals surface area contributed by atoms with Gasteiger partial charge in [-0.05, 0) is 64.7 Å². The second kappa shape index (κ2) is 13.0. The molecule has 0 atom stereocenters. The molecule has 3 heterocycles. The number of nitrogens with two attached hydrogens (primary N) is 1. The highest BCUT2D eigenvalue weighted by Gasteiger charge is 2.27. The Morgan fingerprint density at radius 2 is 1.80 bits per heavy atom. The summed E-state index contributed by atoms with van der Waals surface area (Å²) in [5, 5.41) is 12.4. The van der Waals surface area contributed by atoms with Gasteiger partial charge in [-0.15, -0.1) is 0 Å². The van der Waals surface area contributed by atoms with E-state index in [4.69, 9.17) is 10.7 Å². The zero-order chi connectivity index (χ0) is 28.8. The highest BCUT2D eigenvalue weighted by molar-refractivity contribution is 5.95. The zero-order valence-corrected chi connectivity index (χ0v) is 24.3. The number of aromatic nitrogens is 2. The number of nitrogens with zero attached hydrogens (tertiary/aromatic N) is 6. The number of fused-ring (bicyclic) bond motifs is 2. The van der Waals surface area contributed by atoms with Crippen molar-refractivity contribution in [1.29, 1.82) is 0 Å². The largest absolute Gasteiger partial charge is 0.508 e. The van der Waals surface area contributed by atoms with Gasteiger partial charge in [0.25, 0.3) is 0 Å². The lowest BCUT2D eigenvalue weighted by Gasteiger charge is -2.36. The second-order valence-corrected chi connectivity index (χ2v) is 10.6. The maximum atomic E-state index is 10.8. The molecule has 40 heavy (non-hydrogen) atoms. The molecule has 1 saturated heterocycles. The monoisotopic (exact) mass is 545 g/mol. The summed E-state index contributed by atoms with van der Waals surface area (Å²) in [5.74, 6) is 1.65. The molecule has 0 unspecified atom stereocenters. The van der Waals surface area contributed by atoms with Crippen molar-refractivity contribution in [2.24, 2.45) is 0 Å². The van der Waals surface area contributed by atoms with Gasteiger partial charge >= 0.3 is 0 Å². The molecule has 2 aliphatic rings. The third-order valence-corrected chi connectivity index (χ3v) is 7.98. The molecule has 0 saturated carbocycles. The SMILES string of the molecule is C=CC(=O)N(CC)CC.CN(C)C1CCN(c2nc(N)c3c(n2)CN(c2cc(O)cc4ccccc24)CC3)CC1. The standard InChI is InChI=1S/C24H30N6O.C7H13NO/c1-28(2)17-7-10-29(11-8-17)24-26-21-15-30(12-9-20(21)23(25)27-24)22-14-18(31)13-16-5-3-4-6-19(16)22;1-4-7(9)8(5-2)6-3/h3-6,13-14,17,31H,7-12,15H2,1-2H3,(H2,25,26,27);4H,1,5-6H2,2-3H3. The molecule has 9 nitrogen and oxygen atoms in total. The number of amides is 1. The van der Waals surface area contributed by atoms with Crippen LogP contribution in [0.2, 0.25) is 0 Å². The minimum Gasteiger partial charge on any atom is -0.508 e. The lowest BCUT2D eigenvalue weighted by molar-refractivity contribution is -0.125. The van der Waals surface area contributed by atoms with Gasteiger partial charge in [0.2, 0.25) is 11.9 Å². The van der Waals surface area contributed by atoms with E-state index in [1.807, 2.05) is 44.2 Å². The first-order valence-corrected chi connectivity index (χ1v) is 14.2. The van der Waals surface area contributed by atoms with E-state index in [0.717, 1.165) is 85.7 Å². The molecule has 2 aliphatic heterocycles. The van der Waals surface area contributed by atoms with Crippen molar-refractivity contribution in [3.63, 3.8) is 0 Å². The van der Waals surface area contributed by atoms with Crippen molar-refractivity contribution in [3.05, 3.63) is 60.3 Å². The van der Waals surface area contributed by atoms with Crippen LogP contribution in [0.25, 0.3) is 10.8 Å². The van der Waals surface area contributed by atoms with Crippen LogP contribution in [0, 0.1) is 0 Å². The van der Waals surface area contributed by atoms with Gasteiger partial charge in [0.1, 0.15) is 11.6 Å². The Balaban J connectivity index is 0.000000357. The second-order valence-electron chi connectivity index (χ2n) is 10.6. The summed E-state index contributed by atoms with van der Waals surface area (Å²) < 4.78 is 0. The van der Waals surface area contributed by atoms with Crippen LogP contribution in [0.15, 0.2) is 49.1 Å². The fraction of sp³-hybridized carbons (Fsp3) is 0.452. The van der Waals surface area contributed by atoms with E-state index in [1.165, 1.54) is 6.08 Å². The van der Waals surface area contributed by atoms with Gasteiger partial charge in [-0.3, -0.25) is 4.79 Å². The Bertz CT molecular complexity index is 1330. The van der Waals surface area contributed by atoms with E-state index in [-0.39, 0.29) is 11.7 Å². The Hall–Kier alpha value is -3.85. The van der Waals surface area contributed by atoms with Crippen molar-refractivity contribution >= 4 is 34.1 Å². The van der Waals surface area contributed by atoms with Crippen molar-refractivity contribution in [2.45, 2.75) is 45.7 Å². The van der Waals surface area contributed by atoms with E-state index >= 15 is 0 Å². The molecule has 5 rings (SSSR count). The molecule has 1 aromatic heterocycles. The molecule has 0 radical (unpaired) electrons. The minimum absolute atomic E-state index is 0.0139. The number of hydrogen-bond donors (Lipinski definition) is 2. The number of benzene rings is 2. The minimum atomic E-state index is 0.0139. The summed E-state index contributed by atoms with van der Waals surface area (Å²) in [5.41, 5.74) is 9.47. The molecule has 214 valence electrons. The van der Waals surface area contributed by atoms with Gasteiger partial charge in [0.15, 0.2) is 0 Å². The quantitative estimate of drug-likeness (QED) is 0.448. The van der Waals surface area contributed by atoms with E-state index in [2.05, 4.69) is 46.4 Å². The lowest BCUT2D eigenvalue weighted by Crippen LogP contribution is -2.43. The summed E-state index contributed by atoms with van der Waals surface area (Å²) in [6, 6.07) is 12.4. The van der Waals surface area contributed by atoms with Crippen LogP contribution in [0.3, 0.4) is 0 Å². The normalized spacial score (nSPS) is 15.4. The van der Waals surface area contributed by atoms with Gasteiger partial charge in [-0.2, -0.15) is 4.98 Å². The Kier molecular flexibility index (Phi) is 9.47. The predicted octanol–water partition coefficient (Wildman–Crippen LogP) is 4.05. The third-order valence-electron chi connectivity index (χ3n) is 7.98. The van der Waals surface area contributed by atoms with E-state index in [9.17, 15) is 9.90 Å². The number of phenols is 1. The van der Waals surface area contributed by atoms with Crippen molar-refractivity contribution in [3.8, 4) is 5.75 Å². The topological polar surface area (TPSA) is 102 Å². The van der Waals surface area contributed by atoms with Crippen LogP contribution in [-0.2, 0) is 17.8 Å². The molecule has 1 amide bonds. The molecule has 9 heteroatoms. The first-order valence-electron chi connectivity index (χ1n) is 14.2. The molecule has 3 aromatic rings. The summed E-state index contributed by atoms with van der Waals surface area (Å²) >= 11 is 0. The zero-order valence-electron chi connectivity index (χ0n) is 24.3. The van der Waals surface area contributed by atoms with Crippen LogP contribution in [-0.4, -0.2) is 83.6 Å². The number of carbonyl (C=O) groups excluding carboxylic acids is 1. The molecule has 0 aliphatic carbocycles. The van der Waals surface area contributed by atoms with Gasteiger partial charge < -0.3 is 30.4 Å². The average Bonchev–Trinajstić information content (AvgIpc) is 2.97. The Labute approximate surface area is 237 Å². The van der Waals surface area contributed by atoms with Crippen molar-refractivity contribution in [1.82, 2.24) is 19.8 Å². The number of aromatic hydroxyl groups is 1. The van der Waals surface area contributed by atoms with Crippen LogP contribution in [0.4, 0.5) is 17.5 Å². The van der Waals surface area contributed by atoms with Gasteiger partial charge in [0, 0.05) is 61.5 Å². The van der Waals surface area contributed by atoms with Crippen LogP contribution >= 0.6 is 0 Å². The van der Waals surface area contributed by atoms with Crippen LogP contribution in [0.1, 0.15) is 37.9 Å². The van der Waals surface area contributed by atoms with E-state index < -0.39 is 0 Å². The van der Waals surface area contributed by atoms with E-state index in [1.54, 1.807) is 4.90 Å². The molecule has 2 aromatic carbocycles. The van der Waals surface area contributed by atoms with Gasteiger partial charge in [0.05, 0.1) is 12.2 Å². The summed E-state index contributed by atoms with van der Waals surface area (Å²) in [6.45, 7) is 12.2. The van der Waals surface area contributed by atoms with Crippen LogP contribution < -0.4 is 15.5 Å². The fourth-order valence-electron chi connectivity index (χ4n) is 5.58. The molecular formula is C31H43N7O2. The number of phenolic OH excluding ortho intramolecular Hbond substituents is 1. The Morgan fingerprint density at radius 3 is 2.42 bits per heavy atom. The average molecular weight is 546 g/mol. The molecule has 3 N–H and O–H groups in total. The van der Waals surface area contributed by atoms with E-state index in [0.29, 0.717) is 18.4 Å². The maximum absolute atomic E-state index is 10.8. The predicted molar refractivity (Wildman–Crippen MR) is 164 cm³/mol. The molecule has 0 spiro atoms. The molecule has 1 fully saturated rings. The highest BCUT2D eigenvalue weighted by Crippen LogP contribution is 2.35. The number of piperidine rings is 1. The number of carbonyl (C=O) groups is 1. The Morgan fingerprint density at radius 1 is 1.10 bits per heavy atom. The number of anilines is 3. The fourth-order valence-corrected chi connectivity index (χ4v) is 5.58. The van der Waals surface area contributed by atoms with Crippen molar-refractivity contribution in [2.75, 3.05) is 62.4 Å². The first-order chi connectivity index (χ1) is 19.2. The smallest absolute Gasteiger partial charge is 0.245 e. The summed E-state index contributed by atoms with van der Waals surface area (Å²) in [4.78, 5) is 29.0. The third kappa shape index (κ3) is 6.47. The summed E-state index contributed by atoms with van der Waals surface area (Å²) in [7, 11) is 4.29. The lowest BCUT2D eigenvalue weighted by atomic mass is 10.0. The van der Waals surface area contributed by atoms with Gasteiger partial charge in [-0.1, -0.05) is 30.8 Å². The van der Waals surface area contributed by atoms with Crippen LogP contribution in [0.5, 0.6) is 5.75 Å². The molecule has 0 bridgehead atoms.